The van der Waals surface area contributed by atoms with Crippen LogP contribution in [0.15, 0.2) is 0 Å². The van der Waals surface area contributed by atoms with E-state index in [1.165, 1.54) is 0 Å². The summed E-state index contributed by atoms with van der Waals surface area (Å²) in [6.07, 6.45) is 2.39. The Morgan fingerprint density at radius 1 is 1.06 bits per heavy atom. The second-order valence-corrected chi connectivity index (χ2v) is 9.45. The minimum absolute atomic E-state index is 0.224. The number of unbranched alkanes of at least 4 members (excludes halogenated alkanes) is 2. The van der Waals surface area contributed by atoms with Gasteiger partial charge in [0.15, 0.2) is 8.32 Å². The first-order valence-electron chi connectivity index (χ1n) is 5.96. The van der Waals surface area contributed by atoms with Crippen LogP contribution < -0.4 is 0 Å². The highest BCUT2D eigenvalue weighted by atomic mass is 28.4. The van der Waals surface area contributed by atoms with Crippen molar-refractivity contribution in [3.8, 4) is 0 Å². The van der Waals surface area contributed by atoms with Crippen LogP contribution >= 0.6 is 0 Å². The van der Waals surface area contributed by atoms with Gasteiger partial charge in [-0.25, -0.2) is 0 Å². The van der Waals surface area contributed by atoms with Gasteiger partial charge in [0.1, 0.15) is 6.10 Å². The summed E-state index contributed by atoms with van der Waals surface area (Å²) in [6.45, 7) is 8.04. The summed E-state index contributed by atoms with van der Waals surface area (Å²) in [6, 6.07) is 0. The van der Waals surface area contributed by atoms with Gasteiger partial charge in [0, 0.05) is 13.2 Å². The molecule has 0 spiro atoms. The zero-order valence-electron chi connectivity index (χ0n) is 10.7. The molecule has 16 heavy (non-hydrogen) atoms. The van der Waals surface area contributed by atoms with Crippen LogP contribution in [0.4, 0.5) is 0 Å². The van der Waals surface area contributed by atoms with Crippen LogP contribution in [0.2, 0.25) is 19.6 Å². The van der Waals surface area contributed by atoms with E-state index in [0.29, 0.717) is 6.61 Å². The quantitative estimate of drug-likeness (QED) is 0.454. The molecule has 0 aromatic rings. The molecule has 5 heteroatoms. The second-order valence-electron chi connectivity index (χ2n) is 4.93. The van der Waals surface area contributed by atoms with Crippen LogP contribution in [0.1, 0.15) is 19.3 Å². The van der Waals surface area contributed by atoms with E-state index in [1.54, 1.807) is 0 Å². The van der Waals surface area contributed by atoms with E-state index in [9.17, 15) is 0 Å². The highest BCUT2D eigenvalue weighted by Crippen LogP contribution is 2.05. The topological polar surface area (TPSA) is 58.9 Å². The van der Waals surface area contributed by atoms with Crippen LogP contribution in [0, 0.1) is 0 Å². The lowest BCUT2D eigenvalue weighted by molar-refractivity contribution is 0.00514. The fourth-order valence-corrected chi connectivity index (χ4v) is 1.89. The molecular formula is C11H26O4Si. The van der Waals surface area contributed by atoms with Crippen molar-refractivity contribution in [2.24, 2.45) is 0 Å². The molecule has 0 amide bonds. The summed E-state index contributed by atoms with van der Waals surface area (Å²) >= 11 is 0. The van der Waals surface area contributed by atoms with Crippen molar-refractivity contribution < 1.29 is 19.4 Å². The van der Waals surface area contributed by atoms with Crippen molar-refractivity contribution in [2.45, 2.75) is 45.0 Å². The van der Waals surface area contributed by atoms with Gasteiger partial charge in [0.05, 0.1) is 13.2 Å². The summed E-state index contributed by atoms with van der Waals surface area (Å²) in [5.41, 5.74) is 0. The van der Waals surface area contributed by atoms with Crippen LogP contribution in [0.25, 0.3) is 0 Å². The van der Waals surface area contributed by atoms with Crippen molar-refractivity contribution >= 4 is 8.32 Å². The maximum absolute atomic E-state index is 9.00. The van der Waals surface area contributed by atoms with E-state index in [4.69, 9.17) is 19.4 Å². The van der Waals surface area contributed by atoms with Gasteiger partial charge in [0.2, 0.25) is 0 Å². The summed E-state index contributed by atoms with van der Waals surface area (Å²) in [5, 5.41) is 17.5. The fourth-order valence-electron chi connectivity index (χ4n) is 1.13. The molecule has 0 radical (unpaired) electrons. The molecule has 0 saturated carbocycles. The van der Waals surface area contributed by atoms with Crippen LogP contribution in [0.3, 0.4) is 0 Å². The number of rotatable bonds is 10. The summed E-state index contributed by atoms with van der Waals surface area (Å²) in [5.74, 6) is 0. The first kappa shape index (κ1) is 16.1. The Morgan fingerprint density at radius 3 is 2.25 bits per heavy atom. The number of ether oxygens (including phenoxy) is 1. The minimum atomic E-state index is -1.34. The van der Waals surface area contributed by atoms with Crippen LogP contribution in [-0.2, 0) is 9.16 Å². The van der Waals surface area contributed by atoms with Crippen LogP contribution in [0.5, 0.6) is 0 Å². The van der Waals surface area contributed by atoms with Crippen molar-refractivity contribution in [3.05, 3.63) is 0 Å². The predicted molar refractivity (Wildman–Crippen MR) is 67.1 cm³/mol. The molecule has 0 heterocycles. The third-order valence-electron chi connectivity index (χ3n) is 1.99. The van der Waals surface area contributed by atoms with Crippen molar-refractivity contribution in [1.29, 1.82) is 0 Å². The smallest absolute Gasteiger partial charge is 0.183 e. The SMILES string of the molecule is C[Si](C)(C)OCCCCCOCC(O)CO. The molecule has 0 aromatic carbocycles. The standard InChI is InChI=1S/C11H26O4Si/c1-16(2,3)15-8-6-4-5-7-14-10-11(13)9-12/h11-13H,4-10H2,1-3H3. The van der Waals surface area contributed by atoms with Crippen molar-refractivity contribution in [2.75, 3.05) is 26.4 Å². The molecule has 0 fully saturated rings. The molecule has 0 saturated heterocycles. The van der Waals surface area contributed by atoms with Gasteiger partial charge in [-0.3, -0.25) is 0 Å². The van der Waals surface area contributed by atoms with E-state index >= 15 is 0 Å². The monoisotopic (exact) mass is 250 g/mol. The third-order valence-corrected chi connectivity index (χ3v) is 3.06. The molecule has 0 aliphatic heterocycles. The van der Waals surface area contributed by atoms with Gasteiger partial charge in [-0.05, 0) is 38.9 Å². The number of aliphatic hydroxyl groups excluding tert-OH is 2. The van der Waals surface area contributed by atoms with Gasteiger partial charge >= 0.3 is 0 Å². The van der Waals surface area contributed by atoms with Crippen molar-refractivity contribution in [1.82, 2.24) is 0 Å². The van der Waals surface area contributed by atoms with Gasteiger partial charge in [-0.2, -0.15) is 0 Å². The second kappa shape index (κ2) is 9.12. The highest BCUT2D eigenvalue weighted by molar-refractivity contribution is 6.69. The normalized spacial score (nSPS) is 14.1. The average Bonchev–Trinajstić information content (AvgIpc) is 2.20. The predicted octanol–water partition coefficient (Wildman–Crippen LogP) is 1.38. The Morgan fingerprint density at radius 2 is 1.69 bits per heavy atom. The number of hydrogen-bond acceptors (Lipinski definition) is 4. The summed E-state index contributed by atoms with van der Waals surface area (Å²) in [7, 11) is -1.34. The molecule has 0 aromatic heterocycles. The van der Waals surface area contributed by atoms with E-state index in [0.717, 1.165) is 25.9 Å². The largest absolute Gasteiger partial charge is 0.418 e. The van der Waals surface area contributed by atoms with Gasteiger partial charge < -0.3 is 19.4 Å². The maximum atomic E-state index is 9.00. The molecule has 1 atom stereocenters. The highest BCUT2D eigenvalue weighted by Gasteiger charge is 2.12. The Balaban J connectivity index is 3.10. The van der Waals surface area contributed by atoms with E-state index in [2.05, 4.69) is 19.6 Å². The maximum Gasteiger partial charge on any atom is 0.183 e. The zero-order valence-corrected chi connectivity index (χ0v) is 11.7. The summed E-state index contributed by atoms with van der Waals surface area (Å²) < 4.78 is 10.9. The molecule has 98 valence electrons. The minimum Gasteiger partial charge on any atom is -0.418 e. The van der Waals surface area contributed by atoms with Crippen LogP contribution in [-0.4, -0.2) is 51.1 Å². The first-order chi connectivity index (χ1) is 7.45. The van der Waals surface area contributed by atoms with E-state index < -0.39 is 14.4 Å². The molecule has 0 aliphatic carbocycles. The Hall–Kier alpha value is 0.0569. The van der Waals surface area contributed by atoms with Gasteiger partial charge in [0.25, 0.3) is 0 Å². The summed E-state index contributed by atoms with van der Waals surface area (Å²) in [4.78, 5) is 0. The Bertz CT molecular complexity index is 159. The molecule has 4 nitrogen and oxygen atoms in total. The van der Waals surface area contributed by atoms with Gasteiger partial charge in [-0.15, -0.1) is 0 Å². The molecule has 2 N–H and O–H groups in total. The van der Waals surface area contributed by atoms with Crippen molar-refractivity contribution in [3.63, 3.8) is 0 Å². The van der Waals surface area contributed by atoms with E-state index in [1.807, 2.05) is 0 Å². The Labute approximate surface area is 99.7 Å². The Kier molecular flexibility index (Phi) is 9.16. The average molecular weight is 250 g/mol. The lowest BCUT2D eigenvalue weighted by Gasteiger charge is -2.16. The van der Waals surface area contributed by atoms with Gasteiger partial charge in [-0.1, -0.05) is 0 Å². The molecular weight excluding hydrogens is 224 g/mol. The zero-order chi connectivity index (χ0) is 12.4. The first-order valence-corrected chi connectivity index (χ1v) is 9.37. The number of hydrogen-bond donors (Lipinski definition) is 2. The molecule has 1 unspecified atom stereocenters. The molecule has 0 rings (SSSR count). The fraction of sp³-hybridized carbons (Fsp3) is 1.00. The third kappa shape index (κ3) is 12.1. The lowest BCUT2D eigenvalue weighted by atomic mass is 10.2. The van der Waals surface area contributed by atoms with E-state index in [-0.39, 0.29) is 13.2 Å². The molecule has 0 aliphatic rings. The number of aliphatic hydroxyl groups is 2. The lowest BCUT2D eigenvalue weighted by Crippen LogP contribution is -2.25. The molecule has 0 bridgehead atoms.